The summed E-state index contributed by atoms with van der Waals surface area (Å²) in [7, 11) is 1.75. The number of carbonyl (C=O) groups excluding carboxylic acids is 2. The van der Waals surface area contributed by atoms with Gasteiger partial charge < -0.3 is 9.80 Å². The first-order chi connectivity index (χ1) is 9.00. The zero-order valence-corrected chi connectivity index (χ0v) is 11.1. The Morgan fingerprint density at radius 3 is 2.74 bits per heavy atom. The SMILES string of the molecule is CC(=O)c1c(F)cccc1N1CCCN(C)C(=O)C1. The van der Waals surface area contributed by atoms with E-state index in [9.17, 15) is 14.0 Å². The quantitative estimate of drug-likeness (QED) is 0.763. The highest BCUT2D eigenvalue weighted by molar-refractivity contribution is 6.00. The van der Waals surface area contributed by atoms with Crippen molar-refractivity contribution in [2.24, 2.45) is 0 Å². The van der Waals surface area contributed by atoms with Gasteiger partial charge in [0.05, 0.1) is 17.8 Å². The van der Waals surface area contributed by atoms with Crippen LogP contribution in [0.1, 0.15) is 23.7 Å². The first-order valence-electron chi connectivity index (χ1n) is 6.29. The van der Waals surface area contributed by atoms with Crippen molar-refractivity contribution in [1.82, 2.24) is 4.90 Å². The lowest BCUT2D eigenvalue weighted by molar-refractivity contribution is -0.127. The molecule has 1 aromatic rings. The number of halogens is 1. The number of Topliss-reactive ketones (excluding diaryl/α,β-unsaturated/α-hetero) is 1. The summed E-state index contributed by atoms with van der Waals surface area (Å²) in [6, 6.07) is 4.53. The van der Waals surface area contributed by atoms with E-state index < -0.39 is 5.82 Å². The summed E-state index contributed by atoms with van der Waals surface area (Å²) in [5.74, 6) is -0.871. The molecular formula is C14H17FN2O2. The summed E-state index contributed by atoms with van der Waals surface area (Å²) in [6.45, 7) is 2.84. The summed E-state index contributed by atoms with van der Waals surface area (Å²) < 4.78 is 13.8. The Balaban J connectivity index is 2.38. The van der Waals surface area contributed by atoms with E-state index in [1.807, 2.05) is 0 Å². The van der Waals surface area contributed by atoms with Crippen LogP contribution >= 0.6 is 0 Å². The summed E-state index contributed by atoms with van der Waals surface area (Å²) >= 11 is 0. The highest BCUT2D eigenvalue weighted by Crippen LogP contribution is 2.25. The van der Waals surface area contributed by atoms with Gasteiger partial charge in [-0.1, -0.05) is 6.07 Å². The number of likely N-dealkylation sites (N-methyl/N-ethyl adjacent to an activating group) is 1. The van der Waals surface area contributed by atoms with Crippen LogP contribution in [0.25, 0.3) is 0 Å². The Morgan fingerprint density at radius 1 is 1.32 bits per heavy atom. The Hall–Kier alpha value is -1.91. The lowest BCUT2D eigenvalue weighted by Gasteiger charge is -2.24. The fourth-order valence-electron chi connectivity index (χ4n) is 2.32. The van der Waals surface area contributed by atoms with Gasteiger partial charge in [-0.25, -0.2) is 4.39 Å². The molecule has 0 aliphatic carbocycles. The molecule has 2 rings (SSSR count). The normalized spacial score (nSPS) is 16.5. The van der Waals surface area contributed by atoms with E-state index in [1.165, 1.54) is 13.0 Å². The summed E-state index contributed by atoms with van der Waals surface area (Å²) in [5, 5.41) is 0. The number of carbonyl (C=O) groups is 2. The minimum Gasteiger partial charge on any atom is -0.361 e. The lowest BCUT2D eigenvalue weighted by atomic mass is 10.1. The van der Waals surface area contributed by atoms with E-state index in [0.29, 0.717) is 18.8 Å². The highest BCUT2D eigenvalue weighted by Gasteiger charge is 2.23. The molecule has 102 valence electrons. The van der Waals surface area contributed by atoms with Gasteiger partial charge in [-0.3, -0.25) is 9.59 Å². The van der Waals surface area contributed by atoms with Crippen LogP contribution in [0.15, 0.2) is 18.2 Å². The number of rotatable bonds is 2. The van der Waals surface area contributed by atoms with Crippen LogP contribution in [-0.2, 0) is 4.79 Å². The first kappa shape index (κ1) is 13.5. The van der Waals surface area contributed by atoms with Crippen molar-refractivity contribution in [3.05, 3.63) is 29.6 Å². The van der Waals surface area contributed by atoms with Crippen LogP contribution in [0.5, 0.6) is 0 Å². The topological polar surface area (TPSA) is 40.6 Å². The Morgan fingerprint density at radius 2 is 2.05 bits per heavy atom. The fourth-order valence-corrected chi connectivity index (χ4v) is 2.32. The second-order valence-electron chi connectivity index (χ2n) is 4.78. The summed E-state index contributed by atoms with van der Waals surface area (Å²) in [4.78, 5) is 26.9. The zero-order chi connectivity index (χ0) is 14.0. The van der Waals surface area contributed by atoms with Gasteiger partial charge in [0.25, 0.3) is 0 Å². The standard InChI is InChI=1S/C14H17FN2O2/c1-10(18)14-11(15)5-3-6-12(14)17-8-4-7-16(2)13(19)9-17/h3,5-6H,4,7-9H2,1-2H3. The molecule has 1 aromatic carbocycles. The Bertz CT molecular complexity index is 516. The molecule has 0 spiro atoms. The molecule has 0 atom stereocenters. The maximum absolute atomic E-state index is 13.8. The average Bonchev–Trinajstić information content (AvgIpc) is 2.51. The van der Waals surface area contributed by atoms with E-state index >= 15 is 0 Å². The van der Waals surface area contributed by atoms with E-state index in [2.05, 4.69) is 0 Å². The van der Waals surface area contributed by atoms with Gasteiger partial charge in [0, 0.05) is 20.1 Å². The van der Waals surface area contributed by atoms with Crippen LogP contribution in [-0.4, -0.2) is 43.3 Å². The first-order valence-corrected chi connectivity index (χ1v) is 6.29. The zero-order valence-electron chi connectivity index (χ0n) is 11.1. The predicted molar refractivity (Wildman–Crippen MR) is 70.9 cm³/mol. The third-order valence-corrected chi connectivity index (χ3v) is 3.36. The third kappa shape index (κ3) is 2.75. The van der Waals surface area contributed by atoms with E-state index in [0.717, 1.165) is 6.42 Å². The lowest BCUT2D eigenvalue weighted by Crippen LogP contribution is -2.35. The number of ketones is 1. The number of anilines is 1. The molecule has 1 aliphatic heterocycles. The van der Waals surface area contributed by atoms with Crippen molar-refractivity contribution >= 4 is 17.4 Å². The van der Waals surface area contributed by atoms with Crippen molar-refractivity contribution in [1.29, 1.82) is 0 Å². The van der Waals surface area contributed by atoms with Crippen LogP contribution < -0.4 is 4.90 Å². The molecule has 1 saturated heterocycles. The maximum atomic E-state index is 13.8. The van der Waals surface area contributed by atoms with E-state index in [-0.39, 0.29) is 23.8 Å². The largest absolute Gasteiger partial charge is 0.361 e. The highest BCUT2D eigenvalue weighted by atomic mass is 19.1. The van der Waals surface area contributed by atoms with Gasteiger partial charge in [-0.2, -0.15) is 0 Å². The third-order valence-electron chi connectivity index (χ3n) is 3.36. The number of hydrogen-bond donors (Lipinski definition) is 0. The summed E-state index contributed by atoms with van der Waals surface area (Å²) in [5.41, 5.74) is 0.580. The second kappa shape index (κ2) is 5.38. The predicted octanol–water partition coefficient (Wildman–Crippen LogP) is 1.70. The van der Waals surface area contributed by atoms with Crippen LogP contribution in [0.3, 0.4) is 0 Å². The van der Waals surface area contributed by atoms with Crippen molar-refractivity contribution in [2.75, 3.05) is 31.6 Å². The molecule has 0 unspecified atom stereocenters. The number of benzene rings is 1. The smallest absolute Gasteiger partial charge is 0.241 e. The Kier molecular flexibility index (Phi) is 3.83. The van der Waals surface area contributed by atoms with Gasteiger partial charge in [0.1, 0.15) is 5.82 Å². The van der Waals surface area contributed by atoms with Crippen LogP contribution in [0.2, 0.25) is 0 Å². The van der Waals surface area contributed by atoms with Gasteiger partial charge in [-0.15, -0.1) is 0 Å². The molecule has 5 heteroatoms. The molecule has 1 heterocycles. The van der Waals surface area contributed by atoms with E-state index in [4.69, 9.17) is 0 Å². The minimum absolute atomic E-state index is 0.0173. The van der Waals surface area contributed by atoms with Gasteiger partial charge >= 0.3 is 0 Å². The molecule has 0 aromatic heterocycles. The molecule has 0 bridgehead atoms. The van der Waals surface area contributed by atoms with Crippen LogP contribution in [0.4, 0.5) is 10.1 Å². The number of hydrogen-bond acceptors (Lipinski definition) is 3. The maximum Gasteiger partial charge on any atom is 0.241 e. The average molecular weight is 264 g/mol. The molecule has 0 radical (unpaired) electrons. The summed E-state index contributed by atoms with van der Waals surface area (Å²) in [6.07, 6.45) is 0.802. The Labute approximate surface area is 111 Å². The van der Waals surface area contributed by atoms with Crippen molar-refractivity contribution in [3.63, 3.8) is 0 Å². The monoisotopic (exact) mass is 264 g/mol. The molecule has 1 aliphatic rings. The molecule has 0 N–H and O–H groups in total. The fraction of sp³-hybridized carbons (Fsp3) is 0.429. The molecule has 19 heavy (non-hydrogen) atoms. The van der Waals surface area contributed by atoms with Gasteiger partial charge in [0.2, 0.25) is 5.91 Å². The van der Waals surface area contributed by atoms with Crippen molar-refractivity contribution in [2.45, 2.75) is 13.3 Å². The molecule has 0 saturated carbocycles. The van der Waals surface area contributed by atoms with Crippen molar-refractivity contribution < 1.29 is 14.0 Å². The minimum atomic E-state index is -0.532. The van der Waals surface area contributed by atoms with E-state index in [1.54, 1.807) is 29.0 Å². The number of amides is 1. The molecule has 4 nitrogen and oxygen atoms in total. The van der Waals surface area contributed by atoms with Crippen LogP contribution in [0, 0.1) is 5.82 Å². The number of nitrogens with zero attached hydrogens (tertiary/aromatic N) is 2. The van der Waals surface area contributed by atoms with Gasteiger partial charge in [0.15, 0.2) is 5.78 Å². The molecular weight excluding hydrogens is 247 g/mol. The molecule has 1 fully saturated rings. The second-order valence-corrected chi connectivity index (χ2v) is 4.78. The van der Waals surface area contributed by atoms with Crippen molar-refractivity contribution in [3.8, 4) is 0 Å². The molecule has 1 amide bonds. The van der Waals surface area contributed by atoms with Gasteiger partial charge in [-0.05, 0) is 25.5 Å².